The smallest absolute Gasteiger partial charge is 0.222 e. The Kier molecular flexibility index (Phi) is 6.07. The molecular weight excluding hydrogens is 242 g/mol. The molecule has 2 saturated heterocycles. The average Bonchev–Trinajstić information content (AvgIpc) is 2.49. The van der Waals surface area contributed by atoms with Crippen LogP contribution in [0.15, 0.2) is 0 Å². The zero-order valence-corrected chi connectivity index (χ0v) is 12.1. The van der Waals surface area contributed by atoms with Crippen molar-refractivity contribution in [2.45, 2.75) is 32.2 Å². The molecule has 110 valence electrons. The maximum atomic E-state index is 12.1. The Morgan fingerprint density at radius 2 is 2.00 bits per heavy atom. The molecule has 2 heterocycles. The van der Waals surface area contributed by atoms with Crippen LogP contribution < -0.4 is 5.32 Å². The number of morpholine rings is 1. The monoisotopic (exact) mass is 269 g/mol. The van der Waals surface area contributed by atoms with Crippen LogP contribution in [-0.2, 0) is 9.53 Å². The highest BCUT2D eigenvalue weighted by Gasteiger charge is 2.24. The summed E-state index contributed by atoms with van der Waals surface area (Å²) < 4.78 is 5.36. The molecule has 0 saturated carbocycles. The highest BCUT2D eigenvalue weighted by molar-refractivity contribution is 5.76. The summed E-state index contributed by atoms with van der Waals surface area (Å²) in [5.74, 6) is 0.306. The Bertz CT molecular complexity index is 274. The Labute approximate surface area is 116 Å². The van der Waals surface area contributed by atoms with Crippen LogP contribution in [0.3, 0.4) is 0 Å². The average molecular weight is 269 g/mol. The molecule has 0 spiro atoms. The first-order chi connectivity index (χ1) is 9.31. The first-order valence-electron chi connectivity index (χ1n) is 7.61. The van der Waals surface area contributed by atoms with Gasteiger partial charge in [-0.15, -0.1) is 0 Å². The summed E-state index contributed by atoms with van der Waals surface area (Å²) in [6.07, 6.45) is 2.80. The fourth-order valence-corrected chi connectivity index (χ4v) is 2.91. The minimum Gasteiger partial charge on any atom is -0.379 e. The second-order valence-electron chi connectivity index (χ2n) is 5.38. The van der Waals surface area contributed by atoms with Gasteiger partial charge in [-0.1, -0.05) is 6.92 Å². The molecule has 0 aromatic rings. The van der Waals surface area contributed by atoms with Crippen LogP contribution >= 0.6 is 0 Å². The summed E-state index contributed by atoms with van der Waals surface area (Å²) in [7, 11) is 0. The van der Waals surface area contributed by atoms with E-state index < -0.39 is 0 Å². The Morgan fingerprint density at radius 3 is 2.63 bits per heavy atom. The van der Waals surface area contributed by atoms with Gasteiger partial charge in [0.05, 0.1) is 13.2 Å². The first kappa shape index (κ1) is 14.8. The molecule has 0 unspecified atom stereocenters. The van der Waals surface area contributed by atoms with Gasteiger partial charge in [-0.3, -0.25) is 9.69 Å². The Balaban J connectivity index is 1.83. The van der Waals surface area contributed by atoms with Gasteiger partial charge in [-0.25, -0.2) is 0 Å². The molecule has 0 aromatic heterocycles. The highest BCUT2D eigenvalue weighted by atomic mass is 16.5. The molecule has 2 fully saturated rings. The summed E-state index contributed by atoms with van der Waals surface area (Å²) >= 11 is 0. The standard InChI is InChI=1S/C14H27N3O2/c1-2-14(18)17(13-3-5-15-6-4-13)8-7-16-9-11-19-12-10-16/h13,15H,2-12H2,1H3. The van der Waals surface area contributed by atoms with Crippen molar-refractivity contribution in [2.75, 3.05) is 52.5 Å². The Hall–Kier alpha value is -0.650. The molecule has 0 radical (unpaired) electrons. The predicted molar refractivity (Wildman–Crippen MR) is 75.2 cm³/mol. The second kappa shape index (κ2) is 7.82. The normalized spacial score (nSPS) is 22.4. The van der Waals surface area contributed by atoms with Crippen LogP contribution in [-0.4, -0.2) is 74.2 Å². The van der Waals surface area contributed by atoms with Gasteiger partial charge in [0.2, 0.25) is 5.91 Å². The van der Waals surface area contributed by atoms with Gasteiger partial charge in [-0.2, -0.15) is 0 Å². The number of hydrogen-bond acceptors (Lipinski definition) is 4. The van der Waals surface area contributed by atoms with Crippen molar-refractivity contribution in [1.29, 1.82) is 0 Å². The van der Waals surface area contributed by atoms with E-state index in [1.54, 1.807) is 0 Å². The lowest BCUT2D eigenvalue weighted by Crippen LogP contribution is -2.49. The number of ether oxygens (including phenoxy) is 1. The third-order valence-electron chi connectivity index (χ3n) is 4.13. The van der Waals surface area contributed by atoms with Gasteiger partial charge in [0.25, 0.3) is 0 Å². The molecule has 19 heavy (non-hydrogen) atoms. The lowest BCUT2D eigenvalue weighted by atomic mass is 10.0. The van der Waals surface area contributed by atoms with Crippen LogP contribution in [0.5, 0.6) is 0 Å². The van der Waals surface area contributed by atoms with Crippen LogP contribution in [0.2, 0.25) is 0 Å². The number of hydrogen-bond donors (Lipinski definition) is 1. The van der Waals surface area contributed by atoms with Crippen molar-refractivity contribution in [3.63, 3.8) is 0 Å². The van der Waals surface area contributed by atoms with Gasteiger partial charge in [0, 0.05) is 38.6 Å². The molecular formula is C14H27N3O2. The zero-order chi connectivity index (χ0) is 13.5. The molecule has 0 bridgehead atoms. The highest BCUT2D eigenvalue weighted by Crippen LogP contribution is 2.13. The molecule has 1 N–H and O–H groups in total. The molecule has 5 nitrogen and oxygen atoms in total. The van der Waals surface area contributed by atoms with E-state index in [4.69, 9.17) is 4.74 Å². The molecule has 1 amide bonds. The summed E-state index contributed by atoms with van der Waals surface area (Å²) in [5, 5.41) is 3.37. The zero-order valence-electron chi connectivity index (χ0n) is 12.1. The second-order valence-corrected chi connectivity index (χ2v) is 5.38. The number of nitrogens with zero attached hydrogens (tertiary/aromatic N) is 2. The van der Waals surface area contributed by atoms with Gasteiger partial charge in [0.15, 0.2) is 0 Å². The van der Waals surface area contributed by atoms with E-state index in [9.17, 15) is 4.79 Å². The minimum absolute atomic E-state index is 0.306. The number of carbonyl (C=O) groups is 1. The maximum absolute atomic E-state index is 12.1. The minimum atomic E-state index is 0.306. The van der Waals surface area contributed by atoms with Gasteiger partial charge in [0.1, 0.15) is 0 Å². The quantitative estimate of drug-likeness (QED) is 0.780. The van der Waals surface area contributed by atoms with Crippen molar-refractivity contribution >= 4 is 5.91 Å². The van der Waals surface area contributed by atoms with E-state index in [0.29, 0.717) is 18.4 Å². The van der Waals surface area contributed by atoms with E-state index in [-0.39, 0.29) is 0 Å². The molecule has 5 heteroatoms. The molecule has 0 aromatic carbocycles. The summed E-state index contributed by atoms with van der Waals surface area (Å²) in [4.78, 5) is 16.7. The number of piperidine rings is 1. The SMILES string of the molecule is CCC(=O)N(CCN1CCOCC1)C1CCNCC1. The molecule has 2 aliphatic rings. The molecule has 0 atom stereocenters. The van der Waals surface area contributed by atoms with E-state index in [0.717, 1.165) is 65.3 Å². The van der Waals surface area contributed by atoms with Crippen molar-refractivity contribution < 1.29 is 9.53 Å². The van der Waals surface area contributed by atoms with Crippen LogP contribution in [0.4, 0.5) is 0 Å². The number of carbonyl (C=O) groups excluding carboxylic acids is 1. The van der Waals surface area contributed by atoms with E-state index in [1.165, 1.54) is 0 Å². The van der Waals surface area contributed by atoms with Crippen molar-refractivity contribution in [2.24, 2.45) is 0 Å². The predicted octanol–water partition coefficient (Wildman–Crippen LogP) is 0.309. The lowest BCUT2D eigenvalue weighted by molar-refractivity contribution is -0.134. The van der Waals surface area contributed by atoms with Crippen molar-refractivity contribution in [3.8, 4) is 0 Å². The summed E-state index contributed by atoms with van der Waals surface area (Å²) in [6.45, 7) is 9.55. The van der Waals surface area contributed by atoms with Gasteiger partial charge < -0.3 is 15.0 Å². The first-order valence-corrected chi connectivity index (χ1v) is 7.61. The summed E-state index contributed by atoms with van der Waals surface area (Å²) in [6, 6.07) is 0.440. The topological polar surface area (TPSA) is 44.8 Å². The third kappa shape index (κ3) is 4.44. The number of nitrogens with one attached hydrogen (secondary N) is 1. The van der Waals surface area contributed by atoms with Crippen LogP contribution in [0.1, 0.15) is 26.2 Å². The maximum Gasteiger partial charge on any atom is 0.222 e. The van der Waals surface area contributed by atoms with Crippen molar-refractivity contribution in [3.05, 3.63) is 0 Å². The van der Waals surface area contributed by atoms with E-state index >= 15 is 0 Å². The Morgan fingerprint density at radius 1 is 1.32 bits per heavy atom. The fourth-order valence-electron chi connectivity index (χ4n) is 2.91. The number of rotatable bonds is 5. The third-order valence-corrected chi connectivity index (χ3v) is 4.13. The lowest BCUT2D eigenvalue weighted by Gasteiger charge is -2.36. The summed E-state index contributed by atoms with van der Waals surface area (Å²) in [5.41, 5.74) is 0. The van der Waals surface area contributed by atoms with Gasteiger partial charge in [-0.05, 0) is 25.9 Å². The van der Waals surface area contributed by atoms with Crippen LogP contribution in [0, 0.1) is 0 Å². The van der Waals surface area contributed by atoms with E-state index in [2.05, 4.69) is 15.1 Å². The largest absolute Gasteiger partial charge is 0.379 e. The number of amides is 1. The van der Waals surface area contributed by atoms with E-state index in [1.807, 2.05) is 6.92 Å². The molecule has 2 rings (SSSR count). The molecule has 2 aliphatic heterocycles. The van der Waals surface area contributed by atoms with Crippen molar-refractivity contribution in [1.82, 2.24) is 15.1 Å². The van der Waals surface area contributed by atoms with Gasteiger partial charge >= 0.3 is 0 Å². The fraction of sp³-hybridized carbons (Fsp3) is 0.929. The molecule has 0 aliphatic carbocycles. The van der Waals surface area contributed by atoms with Crippen LogP contribution in [0.25, 0.3) is 0 Å².